The van der Waals surface area contributed by atoms with E-state index in [1.165, 1.54) is 28.1 Å². The zero-order chi connectivity index (χ0) is 24.4. The maximum atomic E-state index is 15.7. The summed E-state index contributed by atoms with van der Waals surface area (Å²) in [7, 11) is 1.65. The molecule has 5 rings (SSSR count). The van der Waals surface area contributed by atoms with Crippen molar-refractivity contribution in [3.8, 4) is 11.4 Å². The van der Waals surface area contributed by atoms with Crippen molar-refractivity contribution in [1.82, 2.24) is 25.1 Å². The molecular formula is C28H29F2N5. The molecule has 0 aliphatic carbocycles. The van der Waals surface area contributed by atoms with Gasteiger partial charge in [-0.1, -0.05) is 60.7 Å². The van der Waals surface area contributed by atoms with Crippen LogP contribution in [-0.2, 0) is 13.5 Å². The van der Waals surface area contributed by atoms with Crippen LogP contribution in [0.3, 0.4) is 0 Å². The predicted molar refractivity (Wildman–Crippen MR) is 132 cm³/mol. The van der Waals surface area contributed by atoms with E-state index in [1.807, 2.05) is 12.1 Å². The fourth-order valence-electron chi connectivity index (χ4n) is 5.22. The Morgan fingerprint density at radius 3 is 2.17 bits per heavy atom. The lowest BCUT2D eigenvalue weighted by Crippen LogP contribution is -2.50. The Kier molecular flexibility index (Phi) is 6.43. The van der Waals surface area contributed by atoms with E-state index >= 15 is 4.39 Å². The average molecular weight is 474 g/mol. The minimum absolute atomic E-state index is 0.134. The highest BCUT2D eigenvalue weighted by atomic mass is 19.1. The highest BCUT2D eigenvalue weighted by molar-refractivity contribution is 5.55. The van der Waals surface area contributed by atoms with Gasteiger partial charge in [-0.05, 0) is 59.4 Å². The number of hydrogen-bond acceptors (Lipinski definition) is 4. The van der Waals surface area contributed by atoms with Crippen molar-refractivity contribution in [3.05, 3.63) is 101 Å². The maximum Gasteiger partial charge on any atom is 0.205 e. The summed E-state index contributed by atoms with van der Waals surface area (Å²) in [6.07, 6.45) is 0.560. The maximum absolute atomic E-state index is 15.7. The summed E-state index contributed by atoms with van der Waals surface area (Å²) >= 11 is 0. The number of rotatable bonds is 8. The SMILES string of the molecule is Cn1nnc(-c2cc(F)cc(CC(C)(F)CC3CN(C(c4ccccc4)c4ccccc4)C3)c2)n1. The third-order valence-corrected chi connectivity index (χ3v) is 6.59. The molecule has 3 aromatic carbocycles. The van der Waals surface area contributed by atoms with Gasteiger partial charge in [0.1, 0.15) is 11.5 Å². The first kappa shape index (κ1) is 23.3. The molecule has 1 aromatic heterocycles. The topological polar surface area (TPSA) is 46.8 Å². The van der Waals surface area contributed by atoms with E-state index in [0.717, 1.165) is 13.1 Å². The molecule has 1 saturated heterocycles. The molecule has 1 aliphatic rings. The summed E-state index contributed by atoms with van der Waals surface area (Å²) in [5.74, 6) is 0.148. The number of likely N-dealkylation sites (tertiary alicyclic amines) is 1. The molecule has 2 heterocycles. The van der Waals surface area contributed by atoms with E-state index in [9.17, 15) is 4.39 Å². The molecule has 0 radical (unpaired) electrons. The number of aryl methyl sites for hydroxylation is 1. The fourth-order valence-corrected chi connectivity index (χ4v) is 5.22. The zero-order valence-corrected chi connectivity index (χ0v) is 20.0. The van der Waals surface area contributed by atoms with Gasteiger partial charge in [0.05, 0.1) is 13.1 Å². The minimum Gasteiger partial charge on any atom is -0.292 e. The lowest BCUT2D eigenvalue weighted by Gasteiger charge is -2.46. The van der Waals surface area contributed by atoms with Crippen molar-refractivity contribution in [1.29, 1.82) is 0 Å². The van der Waals surface area contributed by atoms with Crippen LogP contribution in [0.4, 0.5) is 8.78 Å². The highest BCUT2D eigenvalue weighted by Gasteiger charge is 2.38. The van der Waals surface area contributed by atoms with Crippen LogP contribution in [0.2, 0.25) is 0 Å². The Morgan fingerprint density at radius 1 is 0.971 bits per heavy atom. The molecule has 0 spiro atoms. The van der Waals surface area contributed by atoms with Crippen molar-refractivity contribution in [2.45, 2.75) is 31.5 Å². The Morgan fingerprint density at radius 2 is 1.60 bits per heavy atom. The molecule has 1 fully saturated rings. The molecule has 1 atom stereocenters. The molecule has 0 saturated carbocycles. The smallest absolute Gasteiger partial charge is 0.205 e. The molecule has 1 unspecified atom stereocenters. The standard InChI is InChI=1S/C28H29F2N5/c1-28(30,16-20-13-24(15-25(29)14-20)27-31-33-34(2)32-27)17-21-18-35(19-21)26(22-9-5-3-6-10-22)23-11-7-4-8-12-23/h3-15,21,26H,16-19H2,1-2H3. The molecule has 7 heteroatoms. The summed E-state index contributed by atoms with van der Waals surface area (Å²) in [6, 6.07) is 25.6. The van der Waals surface area contributed by atoms with Gasteiger partial charge in [0, 0.05) is 25.1 Å². The summed E-state index contributed by atoms with van der Waals surface area (Å²) in [5, 5.41) is 11.9. The highest BCUT2D eigenvalue weighted by Crippen LogP contribution is 2.38. The number of nitrogens with zero attached hydrogens (tertiary/aromatic N) is 5. The Bertz CT molecular complexity index is 1230. The van der Waals surface area contributed by atoms with Gasteiger partial charge in [-0.3, -0.25) is 4.90 Å². The van der Waals surface area contributed by atoms with Crippen LogP contribution in [0.25, 0.3) is 11.4 Å². The number of alkyl halides is 1. The largest absolute Gasteiger partial charge is 0.292 e. The van der Waals surface area contributed by atoms with E-state index in [4.69, 9.17) is 0 Å². The normalized spacial score (nSPS) is 16.3. The van der Waals surface area contributed by atoms with Crippen molar-refractivity contribution < 1.29 is 8.78 Å². The van der Waals surface area contributed by atoms with Crippen LogP contribution in [0.15, 0.2) is 78.9 Å². The summed E-state index contributed by atoms with van der Waals surface area (Å²) in [4.78, 5) is 3.73. The van der Waals surface area contributed by atoms with Gasteiger partial charge < -0.3 is 0 Å². The molecule has 0 bridgehead atoms. The molecule has 1 aliphatic heterocycles. The second kappa shape index (κ2) is 9.66. The molecule has 0 amide bonds. The van der Waals surface area contributed by atoms with Crippen molar-refractivity contribution in [2.75, 3.05) is 13.1 Å². The second-order valence-electron chi connectivity index (χ2n) is 9.79. The third kappa shape index (κ3) is 5.46. The first-order valence-electron chi connectivity index (χ1n) is 11.9. The van der Waals surface area contributed by atoms with E-state index in [0.29, 0.717) is 23.4 Å². The molecule has 180 valence electrons. The monoisotopic (exact) mass is 473 g/mol. The Hall–Kier alpha value is -3.45. The van der Waals surface area contributed by atoms with Crippen LogP contribution in [0.1, 0.15) is 36.1 Å². The van der Waals surface area contributed by atoms with Gasteiger partial charge in [0.2, 0.25) is 5.82 Å². The van der Waals surface area contributed by atoms with Gasteiger partial charge in [0.15, 0.2) is 0 Å². The lowest BCUT2D eigenvalue weighted by atomic mass is 9.82. The van der Waals surface area contributed by atoms with Crippen molar-refractivity contribution in [2.24, 2.45) is 13.0 Å². The second-order valence-corrected chi connectivity index (χ2v) is 9.79. The fraction of sp³-hybridized carbons (Fsp3) is 0.321. The number of halogens is 2. The summed E-state index contributed by atoms with van der Waals surface area (Å²) in [5.41, 5.74) is 2.13. The van der Waals surface area contributed by atoms with Crippen LogP contribution >= 0.6 is 0 Å². The Labute approximate surface area is 204 Å². The predicted octanol–water partition coefficient (Wildman–Crippen LogP) is 5.40. The van der Waals surface area contributed by atoms with Crippen LogP contribution in [0, 0.1) is 11.7 Å². The van der Waals surface area contributed by atoms with Crippen LogP contribution in [0.5, 0.6) is 0 Å². The van der Waals surface area contributed by atoms with Gasteiger partial charge in [-0.2, -0.15) is 4.80 Å². The molecule has 5 nitrogen and oxygen atoms in total. The van der Waals surface area contributed by atoms with E-state index in [-0.39, 0.29) is 18.4 Å². The minimum atomic E-state index is -1.45. The quantitative estimate of drug-likeness (QED) is 0.344. The number of aromatic nitrogens is 4. The summed E-state index contributed by atoms with van der Waals surface area (Å²) < 4.78 is 30.0. The van der Waals surface area contributed by atoms with Gasteiger partial charge in [-0.15, -0.1) is 10.2 Å². The van der Waals surface area contributed by atoms with Crippen molar-refractivity contribution in [3.63, 3.8) is 0 Å². The van der Waals surface area contributed by atoms with Crippen molar-refractivity contribution >= 4 is 0 Å². The van der Waals surface area contributed by atoms with E-state index in [1.54, 1.807) is 20.0 Å². The first-order chi connectivity index (χ1) is 16.9. The molecule has 4 aromatic rings. The lowest BCUT2D eigenvalue weighted by molar-refractivity contribution is 0.0238. The van der Waals surface area contributed by atoms with E-state index in [2.05, 4.69) is 68.8 Å². The molecule has 0 N–H and O–H groups in total. The summed E-state index contributed by atoms with van der Waals surface area (Å²) in [6.45, 7) is 3.27. The Balaban J connectivity index is 1.26. The first-order valence-corrected chi connectivity index (χ1v) is 11.9. The number of hydrogen-bond donors (Lipinski definition) is 0. The van der Waals surface area contributed by atoms with Gasteiger partial charge in [-0.25, -0.2) is 8.78 Å². The number of tetrazole rings is 1. The van der Waals surface area contributed by atoms with Gasteiger partial charge in [0.25, 0.3) is 0 Å². The van der Waals surface area contributed by atoms with Crippen LogP contribution < -0.4 is 0 Å². The van der Waals surface area contributed by atoms with Crippen LogP contribution in [-0.4, -0.2) is 43.9 Å². The van der Waals surface area contributed by atoms with Gasteiger partial charge >= 0.3 is 0 Å². The molecular weight excluding hydrogens is 444 g/mol. The zero-order valence-electron chi connectivity index (χ0n) is 20.0. The third-order valence-electron chi connectivity index (χ3n) is 6.59. The number of benzene rings is 3. The average Bonchev–Trinajstić information content (AvgIpc) is 3.25. The molecule has 35 heavy (non-hydrogen) atoms. The van der Waals surface area contributed by atoms with E-state index < -0.39 is 11.5 Å².